The third-order valence-electron chi connectivity index (χ3n) is 2.06. The highest BCUT2D eigenvalue weighted by Gasteiger charge is 2.13. The third-order valence-corrected chi connectivity index (χ3v) is 2.06. The van der Waals surface area contributed by atoms with Crippen molar-refractivity contribution in [3.8, 4) is 0 Å². The van der Waals surface area contributed by atoms with Crippen LogP contribution in [0.4, 0.5) is 0 Å². The van der Waals surface area contributed by atoms with Crippen molar-refractivity contribution in [3.63, 3.8) is 0 Å². The molecule has 1 heterocycles. The SMILES string of the molecule is CCCC(O)C(=O)Cc1ccncc1. The number of carbonyl (C=O) groups is 1. The summed E-state index contributed by atoms with van der Waals surface area (Å²) in [6.45, 7) is 1.95. The first-order valence-corrected chi connectivity index (χ1v) is 4.83. The van der Waals surface area contributed by atoms with E-state index in [1.54, 1.807) is 24.5 Å². The Hall–Kier alpha value is -1.22. The molecular weight excluding hydrogens is 178 g/mol. The molecule has 0 aliphatic carbocycles. The van der Waals surface area contributed by atoms with E-state index in [1.165, 1.54) is 0 Å². The standard InChI is InChI=1S/C11H15NO2/c1-2-3-10(13)11(14)8-9-4-6-12-7-5-9/h4-7,10,13H,2-3,8H2,1H3. The smallest absolute Gasteiger partial charge is 0.165 e. The fourth-order valence-corrected chi connectivity index (χ4v) is 1.25. The summed E-state index contributed by atoms with van der Waals surface area (Å²) in [5, 5.41) is 9.41. The number of hydrogen-bond donors (Lipinski definition) is 1. The van der Waals surface area contributed by atoms with Crippen molar-refractivity contribution in [1.29, 1.82) is 0 Å². The van der Waals surface area contributed by atoms with Crippen molar-refractivity contribution >= 4 is 5.78 Å². The maximum absolute atomic E-state index is 11.4. The Kier molecular flexibility index (Phi) is 4.26. The summed E-state index contributed by atoms with van der Waals surface area (Å²) in [5.74, 6) is -0.113. The molecule has 0 spiro atoms. The first-order chi connectivity index (χ1) is 6.74. The summed E-state index contributed by atoms with van der Waals surface area (Å²) in [6, 6.07) is 3.58. The molecule has 0 amide bonds. The lowest BCUT2D eigenvalue weighted by atomic mass is 10.0. The zero-order valence-corrected chi connectivity index (χ0v) is 8.31. The minimum Gasteiger partial charge on any atom is -0.385 e. The average Bonchev–Trinajstić information content (AvgIpc) is 2.19. The van der Waals surface area contributed by atoms with Crippen LogP contribution < -0.4 is 0 Å². The van der Waals surface area contributed by atoms with Gasteiger partial charge in [0.05, 0.1) is 0 Å². The third kappa shape index (κ3) is 3.26. The van der Waals surface area contributed by atoms with Crippen molar-refractivity contribution in [3.05, 3.63) is 30.1 Å². The van der Waals surface area contributed by atoms with E-state index in [1.807, 2.05) is 6.92 Å². The monoisotopic (exact) mass is 193 g/mol. The second-order valence-corrected chi connectivity index (χ2v) is 3.30. The van der Waals surface area contributed by atoms with E-state index in [2.05, 4.69) is 4.98 Å². The van der Waals surface area contributed by atoms with Gasteiger partial charge in [0.15, 0.2) is 5.78 Å². The summed E-state index contributed by atoms with van der Waals surface area (Å²) in [5.41, 5.74) is 0.903. The molecule has 1 aromatic rings. The van der Waals surface area contributed by atoms with E-state index < -0.39 is 6.10 Å². The number of ketones is 1. The van der Waals surface area contributed by atoms with Gasteiger partial charge in [-0.2, -0.15) is 0 Å². The lowest BCUT2D eigenvalue weighted by molar-refractivity contribution is -0.126. The molecule has 1 rings (SSSR count). The van der Waals surface area contributed by atoms with Crippen molar-refractivity contribution in [2.45, 2.75) is 32.3 Å². The predicted octanol–water partition coefficient (Wildman–Crippen LogP) is 1.35. The Bertz CT molecular complexity index is 285. The van der Waals surface area contributed by atoms with E-state index in [9.17, 15) is 9.90 Å². The Labute approximate surface area is 83.8 Å². The zero-order valence-electron chi connectivity index (χ0n) is 8.31. The van der Waals surface area contributed by atoms with Crippen LogP contribution in [0.15, 0.2) is 24.5 Å². The van der Waals surface area contributed by atoms with Gasteiger partial charge in [0.1, 0.15) is 6.10 Å². The van der Waals surface area contributed by atoms with Crippen molar-refractivity contribution < 1.29 is 9.90 Å². The summed E-state index contributed by atoms with van der Waals surface area (Å²) < 4.78 is 0. The van der Waals surface area contributed by atoms with Crippen LogP contribution in [0.3, 0.4) is 0 Å². The fraction of sp³-hybridized carbons (Fsp3) is 0.455. The van der Waals surface area contributed by atoms with Gasteiger partial charge in [0.2, 0.25) is 0 Å². The minimum absolute atomic E-state index is 0.113. The average molecular weight is 193 g/mol. The lowest BCUT2D eigenvalue weighted by Crippen LogP contribution is -2.21. The van der Waals surface area contributed by atoms with Crippen molar-refractivity contribution in [2.75, 3.05) is 0 Å². The molecule has 1 unspecified atom stereocenters. The van der Waals surface area contributed by atoms with Gasteiger partial charge in [-0.1, -0.05) is 13.3 Å². The number of aliphatic hydroxyl groups is 1. The topological polar surface area (TPSA) is 50.2 Å². The molecule has 0 saturated heterocycles. The van der Waals surface area contributed by atoms with Crippen LogP contribution in [-0.2, 0) is 11.2 Å². The number of Topliss-reactive ketones (excluding diaryl/α,β-unsaturated/α-hetero) is 1. The van der Waals surface area contributed by atoms with Gasteiger partial charge < -0.3 is 5.11 Å². The van der Waals surface area contributed by atoms with Crippen LogP contribution in [0.1, 0.15) is 25.3 Å². The van der Waals surface area contributed by atoms with E-state index in [-0.39, 0.29) is 5.78 Å². The Morgan fingerprint density at radius 3 is 2.71 bits per heavy atom. The number of hydrogen-bond acceptors (Lipinski definition) is 3. The summed E-state index contributed by atoms with van der Waals surface area (Å²) in [7, 11) is 0. The summed E-state index contributed by atoms with van der Waals surface area (Å²) in [6.07, 6.45) is 4.15. The lowest BCUT2D eigenvalue weighted by Gasteiger charge is -2.07. The summed E-state index contributed by atoms with van der Waals surface area (Å²) >= 11 is 0. The molecule has 0 aromatic carbocycles. The maximum Gasteiger partial charge on any atom is 0.165 e. The second-order valence-electron chi connectivity index (χ2n) is 3.30. The highest BCUT2D eigenvalue weighted by atomic mass is 16.3. The fourth-order valence-electron chi connectivity index (χ4n) is 1.25. The van der Waals surface area contributed by atoms with E-state index in [4.69, 9.17) is 0 Å². The van der Waals surface area contributed by atoms with Crippen LogP contribution >= 0.6 is 0 Å². The highest BCUT2D eigenvalue weighted by molar-refractivity contribution is 5.84. The molecule has 0 aliphatic rings. The first kappa shape index (κ1) is 10.9. The van der Waals surface area contributed by atoms with Gasteiger partial charge >= 0.3 is 0 Å². The van der Waals surface area contributed by atoms with Crippen LogP contribution in [0, 0.1) is 0 Å². The molecule has 0 saturated carbocycles. The number of aromatic nitrogens is 1. The molecule has 0 aliphatic heterocycles. The van der Waals surface area contributed by atoms with E-state index in [0.717, 1.165) is 12.0 Å². The van der Waals surface area contributed by atoms with E-state index in [0.29, 0.717) is 12.8 Å². The van der Waals surface area contributed by atoms with E-state index >= 15 is 0 Å². The zero-order chi connectivity index (χ0) is 10.4. The van der Waals surface area contributed by atoms with Crippen LogP contribution in [0.5, 0.6) is 0 Å². The predicted molar refractivity (Wildman–Crippen MR) is 53.9 cm³/mol. The van der Waals surface area contributed by atoms with Crippen LogP contribution in [0.25, 0.3) is 0 Å². The number of pyridine rings is 1. The molecule has 14 heavy (non-hydrogen) atoms. The Morgan fingerprint density at radius 2 is 2.14 bits per heavy atom. The minimum atomic E-state index is -0.812. The number of nitrogens with zero attached hydrogens (tertiary/aromatic N) is 1. The molecule has 3 nitrogen and oxygen atoms in total. The molecule has 0 radical (unpaired) electrons. The maximum atomic E-state index is 11.4. The molecule has 0 bridgehead atoms. The molecular formula is C11H15NO2. The number of rotatable bonds is 5. The van der Waals surface area contributed by atoms with Crippen LogP contribution in [-0.4, -0.2) is 22.0 Å². The van der Waals surface area contributed by atoms with Crippen molar-refractivity contribution in [1.82, 2.24) is 4.98 Å². The Morgan fingerprint density at radius 1 is 1.50 bits per heavy atom. The summed E-state index contributed by atoms with van der Waals surface area (Å²) in [4.78, 5) is 15.3. The quantitative estimate of drug-likeness (QED) is 0.768. The number of carbonyl (C=O) groups excluding carboxylic acids is 1. The Balaban J connectivity index is 2.49. The molecule has 1 atom stereocenters. The number of aliphatic hydroxyl groups excluding tert-OH is 1. The molecule has 76 valence electrons. The van der Waals surface area contributed by atoms with Crippen LogP contribution in [0.2, 0.25) is 0 Å². The highest BCUT2D eigenvalue weighted by Crippen LogP contribution is 2.04. The van der Waals surface area contributed by atoms with Gasteiger partial charge in [-0.25, -0.2) is 0 Å². The molecule has 3 heteroatoms. The van der Waals surface area contributed by atoms with Crippen molar-refractivity contribution in [2.24, 2.45) is 0 Å². The molecule has 0 fully saturated rings. The largest absolute Gasteiger partial charge is 0.385 e. The van der Waals surface area contributed by atoms with Gasteiger partial charge in [0.25, 0.3) is 0 Å². The second kappa shape index (κ2) is 5.50. The van der Waals surface area contributed by atoms with Gasteiger partial charge in [0, 0.05) is 18.8 Å². The molecule has 1 aromatic heterocycles. The van der Waals surface area contributed by atoms with Gasteiger partial charge in [-0.3, -0.25) is 9.78 Å². The first-order valence-electron chi connectivity index (χ1n) is 4.83. The van der Waals surface area contributed by atoms with Gasteiger partial charge in [-0.15, -0.1) is 0 Å². The van der Waals surface area contributed by atoms with Gasteiger partial charge in [-0.05, 0) is 24.1 Å². The normalized spacial score (nSPS) is 12.4. The molecule has 1 N–H and O–H groups in total.